The third-order valence-electron chi connectivity index (χ3n) is 7.88. The first kappa shape index (κ1) is 30.3. The summed E-state index contributed by atoms with van der Waals surface area (Å²) in [5.74, 6) is 0.162. The standard InChI is InChI=1S/C29H45FN6O4/c1-21(2)19-35(20-22-16-23(18-31-17-22)28(37)34-11-14-40-15-12-34)29(38)27-26(6-4-5-13-39-3)36(33-32-27)25-9-7-24(30)8-10-25/h7-10,21-23,26-27,31H,4-6,11-20H2,1-3H3/t22-,23+,26?,27?/m0/s1. The number of hydrogen-bond acceptors (Lipinski definition) is 8. The van der Waals surface area contributed by atoms with Crippen LogP contribution in [0.5, 0.6) is 0 Å². The van der Waals surface area contributed by atoms with Crippen molar-refractivity contribution in [3.05, 3.63) is 30.1 Å². The van der Waals surface area contributed by atoms with Crippen LogP contribution in [0, 0.1) is 23.6 Å². The highest BCUT2D eigenvalue weighted by atomic mass is 19.1. The van der Waals surface area contributed by atoms with Gasteiger partial charge in [0.25, 0.3) is 5.91 Å². The van der Waals surface area contributed by atoms with Crippen molar-refractivity contribution in [2.75, 3.05) is 71.2 Å². The van der Waals surface area contributed by atoms with Crippen molar-refractivity contribution in [2.45, 2.75) is 51.6 Å². The number of anilines is 1. The predicted octanol–water partition coefficient (Wildman–Crippen LogP) is 3.14. The number of halogens is 1. The molecule has 2 amide bonds. The fourth-order valence-electron chi connectivity index (χ4n) is 5.91. The molecule has 3 aliphatic rings. The Morgan fingerprint density at radius 1 is 1.18 bits per heavy atom. The lowest BCUT2D eigenvalue weighted by Gasteiger charge is -2.37. The lowest BCUT2D eigenvalue weighted by atomic mass is 9.88. The van der Waals surface area contributed by atoms with Gasteiger partial charge in [0.15, 0.2) is 6.04 Å². The topological polar surface area (TPSA) is 99.1 Å². The minimum atomic E-state index is -0.645. The van der Waals surface area contributed by atoms with E-state index >= 15 is 0 Å². The van der Waals surface area contributed by atoms with Gasteiger partial charge in [-0.25, -0.2) is 9.40 Å². The zero-order valence-corrected chi connectivity index (χ0v) is 24.1. The number of piperidine rings is 1. The normalized spacial score (nSPS) is 25.0. The summed E-state index contributed by atoms with van der Waals surface area (Å²) in [7, 11) is 1.68. The van der Waals surface area contributed by atoms with Crippen LogP contribution in [0.3, 0.4) is 0 Å². The van der Waals surface area contributed by atoms with Crippen LogP contribution >= 0.6 is 0 Å². The molecule has 0 spiro atoms. The zero-order chi connectivity index (χ0) is 28.5. The monoisotopic (exact) mass is 560 g/mol. The highest BCUT2D eigenvalue weighted by molar-refractivity contribution is 5.84. The molecule has 1 aromatic rings. The van der Waals surface area contributed by atoms with Gasteiger partial charge in [-0.3, -0.25) is 9.59 Å². The number of benzene rings is 1. The summed E-state index contributed by atoms with van der Waals surface area (Å²) in [6.07, 6.45) is 3.18. The van der Waals surface area contributed by atoms with E-state index in [1.165, 1.54) is 12.1 Å². The number of hydrogen-bond donors (Lipinski definition) is 1. The molecule has 11 heteroatoms. The number of morpholine rings is 1. The second kappa shape index (κ2) is 14.8. The summed E-state index contributed by atoms with van der Waals surface area (Å²) in [5.41, 5.74) is 0.716. The van der Waals surface area contributed by atoms with Gasteiger partial charge in [-0.1, -0.05) is 19.1 Å². The largest absolute Gasteiger partial charge is 0.385 e. The Morgan fingerprint density at radius 3 is 2.62 bits per heavy atom. The molecule has 4 atom stereocenters. The maximum atomic E-state index is 14.1. The first-order valence-corrected chi connectivity index (χ1v) is 14.7. The number of ether oxygens (including phenoxy) is 2. The molecule has 3 aliphatic heterocycles. The second-order valence-electron chi connectivity index (χ2n) is 11.6. The number of amides is 2. The first-order chi connectivity index (χ1) is 19.4. The van der Waals surface area contributed by atoms with Gasteiger partial charge in [-0.2, -0.15) is 5.11 Å². The van der Waals surface area contributed by atoms with Gasteiger partial charge in [0.2, 0.25) is 5.91 Å². The third kappa shape index (κ3) is 7.98. The fourth-order valence-corrected chi connectivity index (χ4v) is 5.91. The van der Waals surface area contributed by atoms with Gasteiger partial charge in [0, 0.05) is 46.4 Å². The average Bonchev–Trinajstić information content (AvgIpc) is 3.38. The Balaban J connectivity index is 1.46. The molecule has 2 saturated heterocycles. The van der Waals surface area contributed by atoms with E-state index in [2.05, 4.69) is 29.5 Å². The van der Waals surface area contributed by atoms with Crippen LogP contribution < -0.4 is 10.3 Å². The van der Waals surface area contributed by atoms with E-state index in [0.717, 1.165) is 25.8 Å². The van der Waals surface area contributed by atoms with E-state index in [-0.39, 0.29) is 41.4 Å². The lowest BCUT2D eigenvalue weighted by Crippen LogP contribution is -2.53. The SMILES string of the molecule is COCCCCC1C(C(=O)N(CC(C)C)C[C@@H]2CNC[C@H](C(=O)N3CCOCC3)C2)N=NN1c1ccc(F)cc1. The summed E-state index contributed by atoms with van der Waals surface area (Å²) in [4.78, 5) is 31.1. The lowest BCUT2D eigenvalue weighted by molar-refractivity contribution is -0.141. The number of unbranched alkanes of at least 4 members (excludes halogenated alkanes) is 1. The van der Waals surface area contributed by atoms with Crippen LogP contribution in [-0.4, -0.2) is 99.9 Å². The van der Waals surface area contributed by atoms with Gasteiger partial charge in [0.1, 0.15) is 5.82 Å². The number of nitrogens with zero attached hydrogens (tertiary/aromatic N) is 5. The van der Waals surface area contributed by atoms with Crippen LogP contribution in [0.1, 0.15) is 39.5 Å². The van der Waals surface area contributed by atoms with Crippen molar-refractivity contribution < 1.29 is 23.5 Å². The summed E-state index contributed by atoms with van der Waals surface area (Å²) < 4.78 is 24.2. The molecule has 0 saturated carbocycles. The quantitative estimate of drug-likeness (QED) is 0.395. The summed E-state index contributed by atoms with van der Waals surface area (Å²) in [5, 5.41) is 14.1. The van der Waals surface area contributed by atoms with Gasteiger partial charge < -0.3 is 24.6 Å². The smallest absolute Gasteiger partial charge is 0.251 e. The number of carbonyl (C=O) groups is 2. The Kier molecular flexibility index (Phi) is 11.3. The zero-order valence-electron chi connectivity index (χ0n) is 24.1. The number of rotatable bonds is 12. The van der Waals surface area contributed by atoms with E-state index in [4.69, 9.17) is 9.47 Å². The maximum absolute atomic E-state index is 14.1. The number of carbonyl (C=O) groups excluding carboxylic acids is 2. The van der Waals surface area contributed by atoms with Crippen molar-refractivity contribution >= 4 is 17.5 Å². The molecule has 4 rings (SSSR count). The van der Waals surface area contributed by atoms with E-state index in [1.54, 1.807) is 24.3 Å². The maximum Gasteiger partial charge on any atom is 0.251 e. The van der Waals surface area contributed by atoms with Crippen molar-refractivity contribution in [3.8, 4) is 0 Å². The van der Waals surface area contributed by atoms with Crippen molar-refractivity contribution in [3.63, 3.8) is 0 Å². The molecule has 0 aromatic heterocycles. The highest BCUT2D eigenvalue weighted by Crippen LogP contribution is 2.31. The van der Waals surface area contributed by atoms with Gasteiger partial charge in [0.05, 0.1) is 30.9 Å². The minimum Gasteiger partial charge on any atom is -0.385 e. The summed E-state index contributed by atoms with van der Waals surface area (Å²) in [6.45, 7) is 9.91. The second-order valence-corrected chi connectivity index (χ2v) is 11.6. The van der Waals surface area contributed by atoms with Crippen LogP contribution in [0.25, 0.3) is 0 Å². The molecular formula is C29H45FN6O4. The number of nitrogens with one attached hydrogen (secondary N) is 1. The summed E-state index contributed by atoms with van der Waals surface area (Å²) in [6, 6.07) is 5.25. The molecule has 2 unspecified atom stereocenters. The van der Waals surface area contributed by atoms with E-state index < -0.39 is 6.04 Å². The van der Waals surface area contributed by atoms with E-state index in [0.29, 0.717) is 64.7 Å². The molecule has 10 nitrogen and oxygen atoms in total. The van der Waals surface area contributed by atoms with Gasteiger partial charge in [-0.15, -0.1) is 0 Å². The average molecular weight is 561 g/mol. The Labute approximate surface area is 237 Å². The molecule has 0 aliphatic carbocycles. The van der Waals surface area contributed by atoms with Crippen LogP contribution in [0.2, 0.25) is 0 Å². The van der Waals surface area contributed by atoms with E-state index in [1.807, 2.05) is 9.80 Å². The molecule has 1 aromatic carbocycles. The molecule has 222 valence electrons. The molecule has 2 fully saturated rings. The molecule has 0 radical (unpaired) electrons. The highest BCUT2D eigenvalue weighted by Gasteiger charge is 2.41. The molecule has 0 bridgehead atoms. The van der Waals surface area contributed by atoms with Gasteiger partial charge in [-0.05, 0) is 68.3 Å². The first-order valence-electron chi connectivity index (χ1n) is 14.7. The van der Waals surface area contributed by atoms with Crippen LogP contribution in [-0.2, 0) is 19.1 Å². The number of methoxy groups -OCH3 is 1. The van der Waals surface area contributed by atoms with E-state index in [9.17, 15) is 14.0 Å². The van der Waals surface area contributed by atoms with Gasteiger partial charge >= 0.3 is 0 Å². The van der Waals surface area contributed by atoms with Crippen molar-refractivity contribution in [1.29, 1.82) is 0 Å². The third-order valence-corrected chi connectivity index (χ3v) is 7.88. The van der Waals surface area contributed by atoms with Crippen molar-refractivity contribution in [2.24, 2.45) is 28.1 Å². The van der Waals surface area contributed by atoms with Crippen LogP contribution in [0.4, 0.5) is 10.1 Å². The van der Waals surface area contributed by atoms with Crippen molar-refractivity contribution in [1.82, 2.24) is 15.1 Å². The minimum absolute atomic E-state index is 0.0413. The Morgan fingerprint density at radius 2 is 1.93 bits per heavy atom. The fraction of sp³-hybridized carbons (Fsp3) is 0.724. The van der Waals surface area contributed by atoms with Crippen LogP contribution in [0.15, 0.2) is 34.6 Å². The molecular weight excluding hydrogens is 515 g/mol. The molecule has 1 N–H and O–H groups in total. The molecule has 3 heterocycles. The summed E-state index contributed by atoms with van der Waals surface area (Å²) >= 11 is 0. The Hall–Kier alpha value is -2.63. The predicted molar refractivity (Wildman–Crippen MR) is 150 cm³/mol. The Bertz CT molecular complexity index is 987. The molecule has 40 heavy (non-hydrogen) atoms.